The van der Waals surface area contributed by atoms with E-state index in [9.17, 15) is 4.79 Å². The van der Waals surface area contributed by atoms with E-state index < -0.39 is 0 Å². The predicted octanol–water partition coefficient (Wildman–Crippen LogP) is 2.58. The van der Waals surface area contributed by atoms with Gasteiger partial charge in [0.15, 0.2) is 0 Å². The van der Waals surface area contributed by atoms with Gasteiger partial charge in [0, 0.05) is 25.7 Å². The zero-order valence-corrected chi connectivity index (χ0v) is 12.9. The maximum atomic E-state index is 12.1. The number of nitrogens with zero attached hydrogens (tertiary/aromatic N) is 1. The van der Waals surface area contributed by atoms with E-state index in [1.165, 1.54) is 0 Å². The van der Waals surface area contributed by atoms with Crippen LogP contribution in [0.5, 0.6) is 5.75 Å². The molecule has 4 nitrogen and oxygen atoms in total. The van der Waals surface area contributed by atoms with E-state index in [-0.39, 0.29) is 11.9 Å². The molecule has 1 N–H and O–H groups in total. The number of halogens is 2. The molecule has 0 spiro atoms. The fourth-order valence-electron chi connectivity index (χ4n) is 2.20. The Morgan fingerprint density at radius 2 is 2.30 bits per heavy atom. The first-order valence-corrected chi connectivity index (χ1v) is 7.42. The molecular weight excluding hydrogens is 299 g/mol. The largest absolute Gasteiger partial charge is 0.491 e. The first kappa shape index (κ1) is 15.4. The normalized spacial score (nSPS) is 18.9. The van der Waals surface area contributed by atoms with Gasteiger partial charge in [-0.1, -0.05) is 29.3 Å². The van der Waals surface area contributed by atoms with Crippen LogP contribution in [0.1, 0.15) is 13.3 Å². The molecule has 1 amide bonds. The summed E-state index contributed by atoms with van der Waals surface area (Å²) >= 11 is 11.9. The summed E-state index contributed by atoms with van der Waals surface area (Å²) in [5.74, 6) is 0.623. The first-order chi connectivity index (χ1) is 9.59. The second kappa shape index (κ2) is 7.16. The molecule has 20 heavy (non-hydrogen) atoms. The molecule has 1 aliphatic rings. The SMILES string of the molecule is C[C@H]1CNCCN1C(=O)CCOc1cccc(Cl)c1Cl. The van der Waals surface area contributed by atoms with Crippen molar-refractivity contribution in [1.82, 2.24) is 10.2 Å². The monoisotopic (exact) mass is 316 g/mol. The summed E-state index contributed by atoms with van der Waals surface area (Å²) in [7, 11) is 0. The number of hydrogen-bond donors (Lipinski definition) is 1. The van der Waals surface area contributed by atoms with Crippen molar-refractivity contribution < 1.29 is 9.53 Å². The highest BCUT2D eigenvalue weighted by Gasteiger charge is 2.22. The molecule has 1 aromatic rings. The number of carbonyl (C=O) groups excluding carboxylic acids is 1. The molecule has 1 saturated heterocycles. The third-order valence-corrected chi connectivity index (χ3v) is 4.11. The number of piperazine rings is 1. The van der Waals surface area contributed by atoms with Crippen molar-refractivity contribution in [1.29, 1.82) is 0 Å². The van der Waals surface area contributed by atoms with Crippen molar-refractivity contribution in [2.75, 3.05) is 26.2 Å². The van der Waals surface area contributed by atoms with Gasteiger partial charge < -0.3 is 15.0 Å². The van der Waals surface area contributed by atoms with Crippen molar-refractivity contribution in [2.45, 2.75) is 19.4 Å². The molecular formula is C14H18Cl2N2O2. The molecule has 2 rings (SSSR count). The van der Waals surface area contributed by atoms with E-state index in [0.29, 0.717) is 28.8 Å². The molecule has 0 radical (unpaired) electrons. The Hall–Kier alpha value is -0.970. The molecule has 1 aromatic carbocycles. The maximum absolute atomic E-state index is 12.1. The number of hydrogen-bond acceptors (Lipinski definition) is 3. The number of benzene rings is 1. The summed E-state index contributed by atoms with van der Waals surface area (Å²) in [4.78, 5) is 14.0. The highest BCUT2D eigenvalue weighted by molar-refractivity contribution is 6.42. The Balaban J connectivity index is 1.83. The minimum absolute atomic E-state index is 0.108. The van der Waals surface area contributed by atoms with E-state index in [1.807, 2.05) is 11.8 Å². The van der Waals surface area contributed by atoms with Crippen LogP contribution in [-0.4, -0.2) is 43.1 Å². The topological polar surface area (TPSA) is 41.6 Å². The number of ether oxygens (including phenoxy) is 1. The van der Waals surface area contributed by atoms with Crippen LogP contribution in [0.3, 0.4) is 0 Å². The molecule has 0 bridgehead atoms. The lowest BCUT2D eigenvalue weighted by Crippen LogP contribution is -2.52. The quantitative estimate of drug-likeness (QED) is 0.928. The van der Waals surface area contributed by atoms with Crippen molar-refractivity contribution >= 4 is 29.1 Å². The lowest BCUT2D eigenvalue weighted by atomic mass is 10.2. The van der Waals surface area contributed by atoms with E-state index >= 15 is 0 Å². The van der Waals surface area contributed by atoms with Gasteiger partial charge >= 0.3 is 0 Å². The van der Waals surface area contributed by atoms with Gasteiger partial charge in [0.05, 0.1) is 18.1 Å². The Morgan fingerprint density at radius 1 is 1.50 bits per heavy atom. The van der Waals surface area contributed by atoms with E-state index in [1.54, 1.807) is 18.2 Å². The molecule has 0 aromatic heterocycles. The van der Waals surface area contributed by atoms with Crippen molar-refractivity contribution in [3.05, 3.63) is 28.2 Å². The van der Waals surface area contributed by atoms with Crippen LogP contribution in [-0.2, 0) is 4.79 Å². The Labute approximate surface area is 129 Å². The minimum Gasteiger partial charge on any atom is -0.491 e. The van der Waals surface area contributed by atoms with Gasteiger partial charge in [-0.3, -0.25) is 4.79 Å². The van der Waals surface area contributed by atoms with Crippen LogP contribution in [0.15, 0.2) is 18.2 Å². The molecule has 1 atom stereocenters. The van der Waals surface area contributed by atoms with Gasteiger partial charge in [-0.05, 0) is 19.1 Å². The molecule has 1 fully saturated rings. The smallest absolute Gasteiger partial charge is 0.226 e. The molecule has 110 valence electrons. The molecule has 0 aliphatic carbocycles. The second-order valence-electron chi connectivity index (χ2n) is 4.79. The van der Waals surface area contributed by atoms with Gasteiger partial charge in [-0.2, -0.15) is 0 Å². The Kier molecular flexibility index (Phi) is 5.52. The summed E-state index contributed by atoms with van der Waals surface area (Å²) in [6.07, 6.45) is 0.340. The number of nitrogens with one attached hydrogen (secondary N) is 1. The molecule has 6 heteroatoms. The Bertz CT molecular complexity index is 482. The predicted molar refractivity (Wildman–Crippen MR) is 80.6 cm³/mol. The standard InChI is InChI=1S/C14H18Cl2N2O2/c1-10-9-17-6-7-18(10)13(19)5-8-20-12-4-2-3-11(15)14(12)16/h2-4,10,17H,5-9H2,1H3/t10-/m0/s1. The lowest BCUT2D eigenvalue weighted by molar-refractivity contribution is -0.134. The van der Waals surface area contributed by atoms with E-state index in [2.05, 4.69) is 5.32 Å². The van der Waals surface area contributed by atoms with E-state index in [4.69, 9.17) is 27.9 Å². The highest BCUT2D eigenvalue weighted by atomic mass is 35.5. The molecule has 1 heterocycles. The first-order valence-electron chi connectivity index (χ1n) is 6.66. The second-order valence-corrected chi connectivity index (χ2v) is 5.58. The van der Waals surface area contributed by atoms with Gasteiger partial charge in [0.25, 0.3) is 0 Å². The van der Waals surface area contributed by atoms with Crippen molar-refractivity contribution in [2.24, 2.45) is 0 Å². The van der Waals surface area contributed by atoms with Gasteiger partial charge in [-0.25, -0.2) is 0 Å². The van der Waals surface area contributed by atoms with Gasteiger partial charge in [-0.15, -0.1) is 0 Å². The Morgan fingerprint density at radius 3 is 3.05 bits per heavy atom. The van der Waals surface area contributed by atoms with Crippen LogP contribution in [0.4, 0.5) is 0 Å². The van der Waals surface area contributed by atoms with Crippen LogP contribution >= 0.6 is 23.2 Å². The summed E-state index contributed by atoms with van der Waals surface area (Å²) in [6.45, 7) is 4.77. The summed E-state index contributed by atoms with van der Waals surface area (Å²) < 4.78 is 5.53. The summed E-state index contributed by atoms with van der Waals surface area (Å²) in [6, 6.07) is 5.44. The highest BCUT2D eigenvalue weighted by Crippen LogP contribution is 2.31. The van der Waals surface area contributed by atoms with Crippen LogP contribution in [0.25, 0.3) is 0 Å². The molecule has 0 unspecified atom stereocenters. The summed E-state index contributed by atoms with van der Waals surface area (Å²) in [5, 5.41) is 4.09. The lowest BCUT2D eigenvalue weighted by Gasteiger charge is -2.34. The number of carbonyl (C=O) groups is 1. The number of rotatable bonds is 4. The average Bonchev–Trinajstić information content (AvgIpc) is 2.44. The minimum atomic E-state index is 0.108. The third-order valence-electron chi connectivity index (χ3n) is 3.31. The van der Waals surface area contributed by atoms with Crippen molar-refractivity contribution in [3.63, 3.8) is 0 Å². The van der Waals surface area contributed by atoms with Crippen LogP contribution < -0.4 is 10.1 Å². The number of amides is 1. The third kappa shape index (κ3) is 3.78. The van der Waals surface area contributed by atoms with Crippen LogP contribution in [0.2, 0.25) is 10.0 Å². The van der Waals surface area contributed by atoms with Crippen LogP contribution in [0, 0.1) is 0 Å². The summed E-state index contributed by atoms with van der Waals surface area (Å²) in [5.41, 5.74) is 0. The van der Waals surface area contributed by atoms with Crippen molar-refractivity contribution in [3.8, 4) is 5.75 Å². The van der Waals surface area contributed by atoms with E-state index in [0.717, 1.165) is 19.6 Å². The zero-order chi connectivity index (χ0) is 14.5. The fraction of sp³-hybridized carbons (Fsp3) is 0.500. The fourth-order valence-corrected chi connectivity index (χ4v) is 2.55. The maximum Gasteiger partial charge on any atom is 0.226 e. The average molecular weight is 317 g/mol. The van der Waals surface area contributed by atoms with Gasteiger partial charge in [0.1, 0.15) is 10.8 Å². The zero-order valence-electron chi connectivity index (χ0n) is 11.4. The molecule has 1 aliphatic heterocycles. The van der Waals surface area contributed by atoms with Gasteiger partial charge in [0.2, 0.25) is 5.91 Å². The molecule has 0 saturated carbocycles.